The lowest BCUT2D eigenvalue weighted by atomic mass is 9.87. The van der Waals surface area contributed by atoms with E-state index >= 15 is 0 Å². The summed E-state index contributed by atoms with van der Waals surface area (Å²) in [7, 11) is 0. The third-order valence-corrected chi connectivity index (χ3v) is 2.95. The summed E-state index contributed by atoms with van der Waals surface area (Å²) in [5.74, 6) is 0.643. The van der Waals surface area contributed by atoms with Gasteiger partial charge in [-0.2, -0.15) is 0 Å². The van der Waals surface area contributed by atoms with Crippen molar-refractivity contribution in [3.05, 3.63) is 0 Å². The van der Waals surface area contributed by atoms with Crippen LogP contribution in [-0.2, 0) is 4.84 Å². The summed E-state index contributed by atoms with van der Waals surface area (Å²) in [4.78, 5) is 5.49. The van der Waals surface area contributed by atoms with Gasteiger partial charge in [-0.05, 0) is 18.8 Å². The number of hydrogen-bond donors (Lipinski definition) is 1. The molecule has 1 atom stereocenters. The predicted molar refractivity (Wildman–Crippen MR) is 65.1 cm³/mol. The summed E-state index contributed by atoms with van der Waals surface area (Å²) in [6.45, 7) is 10.3. The van der Waals surface area contributed by atoms with Crippen molar-refractivity contribution in [2.24, 2.45) is 22.1 Å². The standard InChI is InChI=1S/C12H22N2O2/c1-8(2)10(13-15)6-12(5)7-11(9(3)4)14-16-12/h8-9,15H,6-7H2,1-5H3/b13-10-. The molecule has 4 nitrogen and oxygen atoms in total. The minimum atomic E-state index is -0.342. The molecule has 0 aromatic heterocycles. The van der Waals surface area contributed by atoms with Crippen LogP contribution in [0, 0.1) is 11.8 Å². The molecule has 16 heavy (non-hydrogen) atoms. The Kier molecular flexibility index (Phi) is 3.94. The van der Waals surface area contributed by atoms with Crippen LogP contribution in [0.25, 0.3) is 0 Å². The second-order valence-corrected chi connectivity index (χ2v) is 5.38. The molecular formula is C12H22N2O2. The summed E-state index contributed by atoms with van der Waals surface area (Å²) in [5, 5.41) is 16.4. The van der Waals surface area contributed by atoms with Crippen molar-refractivity contribution in [1.82, 2.24) is 0 Å². The molecule has 0 spiro atoms. The average molecular weight is 226 g/mol. The van der Waals surface area contributed by atoms with Gasteiger partial charge in [-0.1, -0.05) is 38.0 Å². The fourth-order valence-corrected chi connectivity index (χ4v) is 1.76. The quantitative estimate of drug-likeness (QED) is 0.455. The maximum Gasteiger partial charge on any atom is 0.145 e. The van der Waals surface area contributed by atoms with Gasteiger partial charge in [0.05, 0.1) is 11.4 Å². The lowest BCUT2D eigenvalue weighted by molar-refractivity contribution is 0.00153. The molecule has 1 rings (SSSR count). The van der Waals surface area contributed by atoms with Crippen molar-refractivity contribution in [1.29, 1.82) is 0 Å². The molecule has 0 saturated carbocycles. The van der Waals surface area contributed by atoms with Crippen LogP contribution in [0.2, 0.25) is 0 Å². The second-order valence-electron chi connectivity index (χ2n) is 5.38. The highest BCUT2D eigenvalue weighted by Gasteiger charge is 2.37. The van der Waals surface area contributed by atoms with E-state index in [4.69, 9.17) is 10.0 Å². The Morgan fingerprint density at radius 2 is 2.12 bits per heavy atom. The maximum atomic E-state index is 8.94. The van der Waals surface area contributed by atoms with Crippen LogP contribution in [-0.4, -0.2) is 22.2 Å². The van der Waals surface area contributed by atoms with Gasteiger partial charge >= 0.3 is 0 Å². The fraction of sp³-hybridized carbons (Fsp3) is 0.833. The molecule has 1 aliphatic heterocycles. The predicted octanol–water partition coefficient (Wildman–Crippen LogP) is 3.05. The van der Waals surface area contributed by atoms with Crippen LogP contribution >= 0.6 is 0 Å². The fourth-order valence-electron chi connectivity index (χ4n) is 1.76. The monoisotopic (exact) mass is 226 g/mol. The summed E-state index contributed by atoms with van der Waals surface area (Å²) < 4.78 is 0. The van der Waals surface area contributed by atoms with Crippen LogP contribution in [0.1, 0.15) is 47.5 Å². The zero-order chi connectivity index (χ0) is 12.3. The highest BCUT2D eigenvalue weighted by molar-refractivity contribution is 5.91. The van der Waals surface area contributed by atoms with Gasteiger partial charge in [0.1, 0.15) is 5.60 Å². The summed E-state index contributed by atoms with van der Waals surface area (Å²) >= 11 is 0. The Morgan fingerprint density at radius 3 is 2.50 bits per heavy atom. The van der Waals surface area contributed by atoms with Crippen LogP contribution in [0.3, 0.4) is 0 Å². The molecule has 0 aromatic rings. The molecule has 0 aliphatic carbocycles. The van der Waals surface area contributed by atoms with E-state index in [2.05, 4.69) is 24.2 Å². The smallest absolute Gasteiger partial charge is 0.145 e. The van der Waals surface area contributed by atoms with E-state index in [1.807, 2.05) is 20.8 Å². The Hall–Kier alpha value is -1.06. The zero-order valence-corrected chi connectivity index (χ0v) is 10.8. The van der Waals surface area contributed by atoms with Crippen molar-refractivity contribution in [2.45, 2.75) is 53.1 Å². The minimum Gasteiger partial charge on any atom is -0.411 e. The molecule has 1 N–H and O–H groups in total. The summed E-state index contributed by atoms with van der Waals surface area (Å²) in [6.07, 6.45) is 1.44. The maximum absolute atomic E-state index is 8.94. The number of nitrogens with zero attached hydrogens (tertiary/aromatic N) is 2. The first-order valence-electron chi connectivity index (χ1n) is 5.83. The first-order chi connectivity index (χ1) is 7.38. The molecule has 0 radical (unpaired) electrons. The van der Waals surface area contributed by atoms with Crippen molar-refractivity contribution in [3.63, 3.8) is 0 Å². The Bertz CT molecular complexity index is 308. The van der Waals surface area contributed by atoms with E-state index in [9.17, 15) is 0 Å². The molecular weight excluding hydrogens is 204 g/mol. The highest BCUT2D eigenvalue weighted by Crippen LogP contribution is 2.30. The van der Waals surface area contributed by atoms with E-state index in [-0.39, 0.29) is 11.5 Å². The lowest BCUT2D eigenvalue weighted by Gasteiger charge is -2.23. The number of rotatable bonds is 4. The topological polar surface area (TPSA) is 54.2 Å². The van der Waals surface area contributed by atoms with Crippen LogP contribution in [0.5, 0.6) is 0 Å². The number of oxime groups is 2. The van der Waals surface area contributed by atoms with Crippen LogP contribution in [0.4, 0.5) is 0 Å². The molecule has 1 aliphatic rings. The third-order valence-electron chi connectivity index (χ3n) is 2.95. The van der Waals surface area contributed by atoms with Crippen LogP contribution in [0.15, 0.2) is 10.3 Å². The van der Waals surface area contributed by atoms with Crippen LogP contribution < -0.4 is 0 Å². The van der Waals surface area contributed by atoms with Gasteiger partial charge in [0.15, 0.2) is 0 Å². The highest BCUT2D eigenvalue weighted by atomic mass is 16.7. The average Bonchev–Trinajstić information content (AvgIpc) is 2.57. The molecule has 0 bridgehead atoms. The third kappa shape index (κ3) is 2.97. The number of hydrogen-bond acceptors (Lipinski definition) is 4. The first-order valence-corrected chi connectivity index (χ1v) is 5.83. The molecule has 92 valence electrons. The van der Waals surface area contributed by atoms with Crippen molar-refractivity contribution < 1.29 is 10.0 Å². The molecule has 1 unspecified atom stereocenters. The van der Waals surface area contributed by atoms with Gasteiger partial charge in [0.25, 0.3) is 0 Å². The lowest BCUT2D eigenvalue weighted by Crippen LogP contribution is -2.30. The van der Waals surface area contributed by atoms with E-state index in [1.165, 1.54) is 0 Å². The second kappa shape index (κ2) is 4.85. The van der Waals surface area contributed by atoms with E-state index in [0.29, 0.717) is 12.3 Å². The van der Waals surface area contributed by atoms with Gasteiger partial charge in [-0.3, -0.25) is 0 Å². The van der Waals surface area contributed by atoms with Gasteiger partial charge in [0, 0.05) is 12.8 Å². The van der Waals surface area contributed by atoms with Gasteiger partial charge in [0.2, 0.25) is 0 Å². The summed E-state index contributed by atoms with van der Waals surface area (Å²) in [5.41, 5.74) is 1.51. The van der Waals surface area contributed by atoms with Gasteiger partial charge < -0.3 is 10.0 Å². The zero-order valence-electron chi connectivity index (χ0n) is 10.8. The van der Waals surface area contributed by atoms with Gasteiger partial charge in [-0.15, -0.1) is 0 Å². The minimum absolute atomic E-state index is 0.230. The van der Waals surface area contributed by atoms with Crippen molar-refractivity contribution >= 4 is 11.4 Å². The molecule has 0 saturated heterocycles. The molecule has 0 fully saturated rings. The SMILES string of the molecule is CC(C)C1=NOC(C)(C/C(=N/O)C(C)C)C1. The van der Waals surface area contributed by atoms with Crippen molar-refractivity contribution in [3.8, 4) is 0 Å². The van der Waals surface area contributed by atoms with E-state index in [0.717, 1.165) is 17.8 Å². The summed E-state index contributed by atoms with van der Waals surface area (Å²) in [6, 6.07) is 0. The molecule has 1 heterocycles. The molecule has 0 aromatic carbocycles. The largest absolute Gasteiger partial charge is 0.411 e. The molecule has 4 heteroatoms. The van der Waals surface area contributed by atoms with Crippen molar-refractivity contribution in [2.75, 3.05) is 0 Å². The Labute approximate surface area is 97.4 Å². The van der Waals surface area contributed by atoms with E-state index in [1.54, 1.807) is 0 Å². The Morgan fingerprint density at radius 1 is 1.50 bits per heavy atom. The van der Waals surface area contributed by atoms with Gasteiger partial charge in [-0.25, -0.2) is 0 Å². The normalized spacial score (nSPS) is 26.2. The van der Waals surface area contributed by atoms with E-state index < -0.39 is 0 Å². The Balaban J connectivity index is 2.64. The first kappa shape index (κ1) is 13.0. The molecule has 0 amide bonds.